The van der Waals surface area contributed by atoms with Crippen LogP contribution in [-0.2, 0) is 0 Å². The molecule has 10 aromatic rings. The molecule has 0 bridgehead atoms. The quantitative estimate of drug-likeness (QED) is 0.183. The summed E-state index contributed by atoms with van der Waals surface area (Å²) in [6, 6.07) is 62.2. The third-order valence-corrected chi connectivity index (χ3v) is 11.0. The van der Waals surface area contributed by atoms with E-state index in [9.17, 15) is 0 Å². The predicted octanol–water partition coefficient (Wildman–Crippen LogP) is 12.9. The molecular weight excluding hydrogens is 639 g/mol. The van der Waals surface area contributed by atoms with E-state index in [1.165, 1.54) is 36.5 Å². The van der Waals surface area contributed by atoms with Gasteiger partial charge < -0.3 is 0 Å². The highest BCUT2D eigenvalue weighted by atomic mass is 32.1. The van der Waals surface area contributed by atoms with Crippen LogP contribution in [0.1, 0.15) is 0 Å². The molecule has 3 nitrogen and oxygen atoms in total. The first-order valence-corrected chi connectivity index (χ1v) is 17.9. The summed E-state index contributed by atoms with van der Waals surface area (Å²) in [6.45, 7) is 0. The number of benzene rings is 8. The van der Waals surface area contributed by atoms with Crippen LogP contribution in [0.15, 0.2) is 176 Å². The van der Waals surface area contributed by atoms with Crippen molar-refractivity contribution in [3.05, 3.63) is 176 Å². The van der Waals surface area contributed by atoms with Gasteiger partial charge in [0, 0.05) is 36.9 Å². The molecular formula is C47H29N3S. The average Bonchev–Trinajstić information content (AvgIpc) is 3.59. The van der Waals surface area contributed by atoms with Crippen LogP contribution in [0.3, 0.4) is 0 Å². The minimum atomic E-state index is 0.644. The van der Waals surface area contributed by atoms with Gasteiger partial charge in [0.15, 0.2) is 17.5 Å². The number of aromatic nitrogens is 3. The molecule has 0 aliphatic carbocycles. The van der Waals surface area contributed by atoms with E-state index in [4.69, 9.17) is 15.0 Å². The Balaban J connectivity index is 1.20. The molecule has 0 atom stereocenters. The van der Waals surface area contributed by atoms with Crippen molar-refractivity contribution < 1.29 is 0 Å². The van der Waals surface area contributed by atoms with Crippen molar-refractivity contribution in [3.63, 3.8) is 0 Å². The molecule has 0 saturated carbocycles. The molecule has 2 heterocycles. The van der Waals surface area contributed by atoms with Gasteiger partial charge in [-0.25, -0.2) is 15.0 Å². The largest absolute Gasteiger partial charge is 0.208 e. The highest BCUT2D eigenvalue weighted by molar-refractivity contribution is 7.26. The maximum Gasteiger partial charge on any atom is 0.165 e. The Bertz CT molecular complexity index is 2910. The molecule has 0 amide bonds. The number of thiophene rings is 1. The Morgan fingerprint density at radius 1 is 0.333 bits per heavy atom. The van der Waals surface area contributed by atoms with Crippen molar-refractivity contribution in [2.24, 2.45) is 0 Å². The normalized spacial score (nSPS) is 11.5. The van der Waals surface area contributed by atoms with Crippen molar-refractivity contribution >= 4 is 53.1 Å². The molecule has 0 aliphatic rings. The van der Waals surface area contributed by atoms with Crippen molar-refractivity contribution in [2.75, 3.05) is 0 Å². The summed E-state index contributed by atoms with van der Waals surface area (Å²) in [7, 11) is 0. The Labute approximate surface area is 299 Å². The van der Waals surface area contributed by atoms with E-state index in [-0.39, 0.29) is 0 Å². The minimum absolute atomic E-state index is 0.644. The maximum absolute atomic E-state index is 5.33. The fraction of sp³-hybridized carbons (Fsp3) is 0. The van der Waals surface area contributed by atoms with E-state index in [1.807, 2.05) is 0 Å². The second-order valence-corrected chi connectivity index (χ2v) is 13.9. The molecule has 0 fully saturated rings. The SMILES string of the molecule is c1ccc(-c2ccc3ccccc3c2-c2nc(-c3ccc(-c4ccc5ccccc5c4)cc3)nc(-c3cccc4c3sc3ccccc34)n2)cc1. The number of nitrogens with zero attached hydrogens (tertiary/aromatic N) is 3. The first-order chi connectivity index (χ1) is 25.3. The van der Waals surface area contributed by atoms with Crippen LogP contribution in [0.25, 0.3) is 98.1 Å². The van der Waals surface area contributed by atoms with E-state index in [0.717, 1.165) is 44.2 Å². The lowest BCUT2D eigenvalue weighted by atomic mass is 9.93. The maximum atomic E-state index is 5.33. The highest BCUT2D eigenvalue weighted by Gasteiger charge is 2.20. The Kier molecular flexibility index (Phi) is 7.00. The van der Waals surface area contributed by atoms with Crippen LogP contribution in [0.2, 0.25) is 0 Å². The lowest BCUT2D eigenvalue weighted by molar-refractivity contribution is 1.08. The lowest BCUT2D eigenvalue weighted by Gasteiger charge is -2.15. The second kappa shape index (κ2) is 12.1. The zero-order chi connectivity index (χ0) is 33.7. The number of fused-ring (bicyclic) bond motifs is 5. The molecule has 0 radical (unpaired) electrons. The number of hydrogen-bond acceptors (Lipinski definition) is 4. The van der Waals surface area contributed by atoms with Crippen LogP contribution in [-0.4, -0.2) is 15.0 Å². The summed E-state index contributed by atoms with van der Waals surface area (Å²) in [5.74, 6) is 1.96. The lowest BCUT2D eigenvalue weighted by Crippen LogP contribution is -2.02. The summed E-state index contributed by atoms with van der Waals surface area (Å²) in [5.41, 5.74) is 7.48. The average molecular weight is 668 g/mol. The van der Waals surface area contributed by atoms with Crippen LogP contribution in [0.5, 0.6) is 0 Å². The van der Waals surface area contributed by atoms with Crippen molar-refractivity contribution in [2.45, 2.75) is 0 Å². The van der Waals surface area contributed by atoms with Gasteiger partial charge >= 0.3 is 0 Å². The van der Waals surface area contributed by atoms with Crippen LogP contribution in [0.4, 0.5) is 0 Å². The fourth-order valence-corrected chi connectivity index (χ4v) is 8.42. The van der Waals surface area contributed by atoms with Gasteiger partial charge in [0.05, 0.1) is 0 Å². The Morgan fingerprint density at radius 2 is 0.961 bits per heavy atom. The van der Waals surface area contributed by atoms with E-state index in [1.54, 1.807) is 11.3 Å². The predicted molar refractivity (Wildman–Crippen MR) is 215 cm³/mol. The summed E-state index contributed by atoms with van der Waals surface area (Å²) < 4.78 is 2.42. The third-order valence-electron chi connectivity index (χ3n) is 9.74. The summed E-state index contributed by atoms with van der Waals surface area (Å²) in [6.07, 6.45) is 0. The summed E-state index contributed by atoms with van der Waals surface area (Å²) in [5, 5.41) is 7.17. The van der Waals surface area contributed by atoms with Crippen LogP contribution >= 0.6 is 11.3 Å². The minimum Gasteiger partial charge on any atom is -0.208 e. The van der Waals surface area contributed by atoms with E-state index in [2.05, 4.69) is 176 Å². The smallest absolute Gasteiger partial charge is 0.165 e. The molecule has 0 aliphatic heterocycles. The summed E-state index contributed by atoms with van der Waals surface area (Å²) in [4.78, 5) is 15.8. The van der Waals surface area contributed by atoms with E-state index < -0.39 is 0 Å². The van der Waals surface area contributed by atoms with Gasteiger partial charge in [-0.3, -0.25) is 0 Å². The second-order valence-electron chi connectivity index (χ2n) is 12.8. The third kappa shape index (κ3) is 5.16. The Hall–Kier alpha value is -6.49. The van der Waals surface area contributed by atoms with Crippen molar-refractivity contribution in [1.29, 1.82) is 0 Å². The number of rotatable bonds is 5. The topological polar surface area (TPSA) is 38.7 Å². The molecule has 0 spiro atoms. The van der Waals surface area contributed by atoms with Gasteiger partial charge in [0.2, 0.25) is 0 Å². The zero-order valence-corrected chi connectivity index (χ0v) is 28.3. The first kappa shape index (κ1) is 29.4. The van der Waals surface area contributed by atoms with Gasteiger partial charge in [0.1, 0.15) is 0 Å². The number of hydrogen-bond donors (Lipinski definition) is 0. The van der Waals surface area contributed by atoms with Gasteiger partial charge in [-0.15, -0.1) is 11.3 Å². The van der Waals surface area contributed by atoms with E-state index in [0.29, 0.717) is 17.5 Å². The molecule has 0 unspecified atom stereocenters. The standard InChI is InChI=1S/C47H29N3S/c1-2-12-32(13-3-1)38-28-27-33-14-6-7-16-37(33)43(38)47-49-45(34-24-21-31(22-25-34)36-26-23-30-11-4-5-15-35(30)29-36)48-46(50-47)41-19-10-18-40-39-17-8-9-20-42(39)51-44(40)41/h1-29H. The van der Waals surface area contributed by atoms with Gasteiger partial charge in [-0.1, -0.05) is 158 Å². The van der Waals surface area contributed by atoms with Gasteiger partial charge in [-0.2, -0.15) is 0 Å². The zero-order valence-electron chi connectivity index (χ0n) is 27.5. The van der Waals surface area contributed by atoms with Gasteiger partial charge in [0.25, 0.3) is 0 Å². The monoisotopic (exact) mass is 667 g/mol. The molecule has 10 rings (SSSR count). The molecule has 2 aromatic heterocycles. The molecule has 51 heavy (non-hydrogen) atoms. The van der Waals surface area contributed by atoms with Gasteiger partial charge in [-0.05, 0) is 62.0 Å². The van der Waals surface area contributed by atoms with Crippen molar-refractivity contribution in [1.82, 2.24) is 15.0 Å². The van der Waals surface area contributed by atoms with Crippen LogP contribution < -0.4 is 0 Å². The first-order valence-electron chi connectivity index (χ1n) is 17.1. The molecule has 4 heteroatoms. The summed E-state index contributed by atoms with van der Waals surface area (Å²) >= 11 is 1.79. The molecule has 0 saturated heterocycles. The fourth-order valence-electron chi connectivity index (χ4n) is 7.21. The molecule has 8 aromatic carbocycles. The molecule has 238 valence electrons. The molecule has 0 N–H and O–H groups in total. The van der Waals surface area contributed by atoms with Crippen molar-refractivity contribution in [3.8, 4) is 56.4 Å². The highest BCUT2D eigenvalue weighted by Crippen LogP contribution is 2.41. The van der Waals surface area contributed by atoms with Crippen LogP contribution in [0, 0.1) is 0 Å². The van der Waals surface area contributed by atoms with E-state index >= 15 is 0 Å². The Morgan fingerprint density at radius 3 is 1.82 bits per heavy atom.